The standard InChI is InChI=1S/C25H24FN3O3S/c26-18-11-9-17(10-12-18)22-14-13-19(32-22)16-27-23(30)8-2-1-5-15-29-24(31)20-6-3-4-7-21(20)28-25(29)33/h3-4,6-7,9-14H,1-2,5,8,15-16H2,(H,27,30)(H,28,33). The van der Waals surface area contributed by atoms with Crippen LogP contribution in [0, 0.1) is 10.6 Å². The van der Waals surface area contributed by atoms with E-state index >= 15 is 0 Å². The first-order chi connectivity index (χ1) is 16.0. The number of unbranched alkanes of at least 4 members (excludes halogenated alkanes) is 2. The molecule has 0 bridgehead atoms. The Morgan fingerprint density at radius 2 is 1.82 bits per heavy atom. The highest BCUT2D eigenvalue weighted by molar-refractivity contribution is 7.71. The van der Waals surface area contributed by atoms with Crippen molar-refractivity contribution in [1.82, 2.24) is 14.9 Å². The zero-order chi connectivity index (χ0) is 23.2. The number of benzene rings is 2. The van der Waals surface area contributed by atoms with Crippen LogP contribution in [-0.2, 0) is 17.9 Å². The average molecular weight is 466 g/mol. The predicted molar refractivity (Wildman–Crippen MR) is 128 cm³/mol. The summed E-state index contributed by atoms with van der Waals surface area (Å²) >= 11 is 5.32. The third kappa shape index (κ3) is 5.64. The minimum atomic E-state index is -0.301. The molecule has 4 aromatic rings. The Labute approximate surface area is 195 Å². The second-order valence-corrected chi connectivity index (χ2v) is 8.18. The molecule has 2 aromatic carbocycles. The average Bonchev–Trinajstić information content (AvgIpc) is 3.29. The number of para-hydroxylation sites is 1. The van der Waals surface area contributed by atoms with Crippen LogP contribution in [0.1, 0.15) is 31.4 Å². The van der Waals surface area contributed by atoms with Crippen molar-refractivity contribution in [3.8, 4) is 11.3 Å². The Kier molecular flexibility index (Phi) is 7.14. The number of aromatic nitrogens is 2. The Hall–Kier alpha value is -3.52. The normalized spacial score (nSPS) is 11.1. The zero-order valence-corrected chi connectivity index (χ0v) is 18.8. The van der Waals surface area contributed by atoms with E-state index in [1.807, 2.05) is 18.2 Å². The summed E-state index contributed by atoms with van der Waals surface area (Å²) in [5.74, 6) is 0.897. The third-order valence-electron chi connectivity index (χ3n) is 5.43. The molecule has 0 aliphatic carbocycles. The molecular weight excluding hydrogens is 441 g/mol. The second-order valence-electron chi connectivity index (χ2n) is 7.79. The van der Waals surface area contributed by atoms with E-state index in [0.29, 0.717) is 47.6 Å². The number of aromatic amines is 1. The first-order valence-corrected chi connectivity index (χ1v) is 11.3. The molecule has 0 saturated heterocycles. The van der Waals surface area contributed by atoms with Gasteiger partial charge in [0.05, 0.1) is 17.4 Å². The van der Waals surface area contributed by atoms with Crippen molar-refractivity contribution >= 4 is 29.0 Å². The molecule has 0 unspecified atom stereocenters. The summed E-state index contributed by atoms with van der Waals surface area (Å²) in [5, 5.41) is 3.47. The van der Waals surface area contributed by atoms with Crippen molar-refractivity contribution in [2.45, 2.75) is 38.8 Å². The Balaban J connectivity index is 1.20. The fourth-order valence-electron chi connectivity index (χ4n) is 3.65. The van der Waals surface area contributed by atoms with Crippen LogP contribution in [0.3, 0.4) is 0 Å². The molecule has 170 valence electrons. The maximum atomic E-state index is 13.0. The van der Waals surface area contributed by atoms with Crippen LogP contribution in [0.4, 0.5) is 4.39 Å². The van der Waals surface area contributed by atoms with Gasteiger partial charge in [0.15, 0.2) is 4.77 Å². The van der Waals surface area contributed by atoms with E-state index in [2.05, 4.69) is 10.3 Å². The van der Waals surface area contributed by atoms with Gasteiger partial charge in [-0.05, 0) is 73.6 Å². The highest BCUT2D eigenvalue weighted by Gasteiger charge is 2.08. The second kappa shape index (κ2) is 10.4. The minimum absolute atomic E-state index is 0.0603. The SMILES string of the molecule is O=C(CCCCCn1c(=S)[nH]c2ccccc2c1=O)NCc1ccc(-c2ccc(F)cc2)o1. The monoisotopic (exact) mass is 465 g/mol. The maximum Gasteiger partial charge on any atom is 0.262 e. The number of amides is 1. The van der Waals surface area contributed by atoms with Gasteiger partial charge in [-0.2, -0.15) is 0 Å². The van der Waals surface area contributed by atoms with Crippen LogP contribution in [-0.4, -0.2) is 15.5 Å². The number of H-pyrrole nitrogens is 1. The summed E-state index contributed by atoms with van der Waals surface area (Å²) in [6, 6.07) is 17.0. The Morgan fingerprint density at radius 1 is 1.03 bits per heavy atom. The van der Waals surface area contributed by atoms with E-state index in [-0.39, 0.29) is 17.3 Å². The van der Waals surface area contributed by atoms with Gasteiger partial charge in [-0.1, -0.05) is 18.6 Å². The summed E-state index contributed by atoms with van der Waals surface area (Å²) in [4.78, 5) is 27.9. The summed E-state index contributed by atoms with van der Waals surface area (Å²) in [5.41, 5.74) is 1.42. The molecule has 0 saturated carbocycles. The number of hydrogen-bond donors (Lipinski definition) is 2. The molecule has 4 rings (SSSR count). The van der Waals surface area contributed by atoms with Crippen LogP contribution in [0.25, 0.3) is 22.2 Å². The number of carbonyl (C=O) groups excluding carboxylic acids is 1. The first-order valence-electron chi connectivity index (χ1n) is 10.8. The van der Waals surface area contributed by atoms with Gasteiger partial charge in [-0.3, -0.25) is 14.2 Å². The van der Waals surface area contributed by atoms with Gasteiger partial charge >= 0.3 is 0 Å². The van der Waals surface area contributed by atoms with Crippen molar-refractivity contribution < 1.29 is 13.6 Å². The summed E-state index contributed by atoms with van der Waals surface area (Å²) in [7, 11) is 0. The highest BCUT2D eigenvalue weighted by atomic mass is 32.1. The van der Waals surface area contributed by atoms with Crippen molar-refractivity contribution in [3.05, 3.63) is 87.4 Å². The molecule has 1 amide bonds. The minimum Gasteiger partial charge on any atom is -0.459 e. The Bertz CT molecular complexity index is 1370. The van der Waals surface area contributed by atoms with Crippen LogP contribution < -0.4 is 10.9 Å². The molecule has 2 N–H and O–H groups in total. The number of fused-ring (bicyclic) bond motifs is 1. The molecule has 2 aromatic heterocycles. The number of carbonyl (C=O) groups is 1. The molecular formula is C25H24FN3O3S. The van der Waals surface area contributed by atoms with E-state index in [9.17, 15) is 14.0 Å². The van der Waals surface area contributed by atoms with Crippen molar-refractivity contribution in [2.24, 2.45) is 0 Å². The van der Waals surface area contributed by atoms with E-state index < -0.39 is 0 Å². The predicted octanol–water partition coefficient (Wildman–Crippen LogP) is 5.33. The lowest BCUT2D eigenvalue weighted by Crippen LogP contribution is -2.23. The largest absolute Gasteiger partial charge is 0.459 e. The lowest BCUT2D eigenvalue weighted by atomic mass is 10.2. The summed E-state index contributed by atoms with van der Waals surface area (Å²) in [6.07, 6.45) is 2.66. The van der Waals surface area contributed by atoms with Gasteiger partial charge in [0.1, 0.15) is 17.3 Å². The van der Waals surface area contributed by atoms with Crippen LogP contribution in [0.2, 0.25) is 0 Å². The number of nitrogens with one attached hydrogen (secondary N) is 2. The quantitative estimate of drug-likeness (QED) is 0.258. The zero-order valence-electron chi connectivity index (χ0n) is 18.0. The van der Waals surface area contributed by atoms with E-state index in [4.69, 9.17) is 16.6 Å². The summed E-state index contributed by atoms with van der Waals surface area (Å²) in [6.45, 7) is 0.806. The van der Waals surface area contributed by atoms with E-state index in [1.165, 1.54) is 12.1 Å². The fourth-order valence-corrected chi connectivity index (χ4v) is 3.93. The first kappa shape index (κ1) is 22.7. The topological polar surface area (TPSA) is 80.0 Å². The van der Waals surface area contributed by atoms with Crippen molar-refractivity contribution in [2.75, 3.05) is 0 Å². The molecule has 2 heterocycles. The number of rotatable bonds is 9. The van der Waals surface area contributed by atoms with Crippen molar-refractivity contribution in [1.29, 1.82) is 0 Å². The van der Waals surface area contributed by atoms with Crippen LogP contribution in [0.15, 0.2) is 69.9 Å². The fraction of sp³-hybridized carbons (Fsp3) is 0.240. The molecule has 33 heavy (non-hydrogen) atoms. The number of halogens is 1. The molecule has 0 aliphatic rings. The van der Waals surface area contributed by atoms with E-state index in [0.717, 1.165) is 23.9 Å². The summed E-state index contributed by atoms with van der Waals surface area (Å²) < 4.78 is 20.8. The lowest BCUT2D eigenvalue weighted by Gasteiger charge is -2.08. The molecule has 0 fully saturated rings. The smallest absolute Gasteiger partial charge is 0.262 e. The molecule has 0 spiro atoms. The molecule has 6 nitrogen and oxygen atoms in total. The van der Waals surface area contributed by atoms with Gasteiger partial charge in [-0.25, -0.2) is 4.39 Å². The lowest BCUT2D eigenvalue weighted by molar-refractivity contribution is -0.121. The molecule has 0 radical (unpaired) electrons. The molecule has 0 aliphatic heterocycles. The number of nitrogens with zero attached hydrogens (tertiary/aromatic N) is 1. The maximum absolute atomic E-state index is 13.0. The van der Waals surface area contributed by atoms with Crippen LogP contribution >= 0.6 is 12.2 Å². The van der Waals surface area contributed by atoms with Gasteiger partial charge in [0.25, 0.3) is 5.56 Å². The Morgan fingerprint density at radius 3 is 2.64 bits per heavy atom. The van der Waals surface area contributed by atoms with Gasteiger partial charge in [0, 0.05) is 18.5 Å². The van der Waals surface area contributed by atoms with Crippen molar-refractivity contribution in [3.63, 3.8) is 0 Å². The number of hydrogen-bond acceptors (Lipinski definition) is 4. The third-order valence-corrected chi connectivity index (χ3v) is 5.75. The van der Waals surface area contributed by atoms with Gasteiger partial charge in [0.2, 0.25) is 5.91 Å². The molecule has 8 heteroatoms. The van der Waals surface area contributed by atoms with Gasteiger partial charge in [-0.15, -0.1) is 0 Å². The number of furan rings is 1. The van der Waals surface area contributed by atoms with Gasteiger partial charge < -0.3 is 14.7 Å². The van der Waals surface area contributed by atoms with Crippen LogP contribution in [0.5, 0.6) is 0 Å². The van der Waals surface area contributed by atoms with E-state index in [1.54, 1.807) is 34.9 Å². The molecule has 0 atom stereocenters. The highest BCUT2D eigenvalue weighted by Crippen LogP contribution is 2.22.